The zero-order chi connectivity index (χ0) is 23.7. The average molecular weight is 492 g/mol. The molecule has 2 heterocycles. The SMILES string of the molecule is CC[C@@H](O)CNS(=O)(=O)c1ccc(N2CC[C@@H](N)[C@@H](F)C2)c(C2=NCN=N2)c1S(N)(=O)=O. The second-order valence-electron chi connectivity index (χ2n) is 7.53. The van der Waals surface area contributed by atoms with Crippen molar-refractivity contribution in [1.29, 1.82) is 0 Å². The summed E-state index contributed by atoms with van der Waals surface area (Å²) >= 11 is 0. The van der Waals surface area contributed by atoms with Crippen molar-refractivity contribution in [2.45, 2.75) is 47.9 Å². The van der Waals surface area contributed by atoms with Crippen LogP contribution in [0, 0.1) is 0 Å². The maximum absolute atomic E-state index is 14.3. The number of hydrogen-bond acceptors (Lipinski definition) is 10. The molecule has 1 saturated heterocycles. The lowest BCUT2D eigenvalue weighted by molar-refractivity contribution is 0.174. The molecule has 2 aliphatic rings. The summed E-state index contributed by atoms with van der Waals surface area (Å²) in [6.07, 6.45) is -1.75. The Morgan fingerprint density at radius 1 is 1.34 bits per heavy atom. The predicted molar refractivity (Wildman–Crippen MR) is 115 cm³/mol. The molecule has 15 heteroatoms. The number of sulfonamides is 2. The molecule has 0 radical (unpaired) electrons. The number of nitrogens with one attached hydrogen (secondary N) is 1. The first-order valence-electron chi connectivity index (χ1n) is 9.90. The smallest absolute Gasteiger partial charge is 0.242 e. The summed E-state index contributed by atoms with van der Waals surface area (Å²) in [7, 11) is -9.03. The molecule has 0 saturated carbocycles. The third kappa shape index (κ3) is 5.13. The summed E-state index contributed by atoms with van der Waals surface area (Å²) in [6.45, 7) is 1.43. The highest BCUT2D eigenvalue weighted by Gasteiger charge is 2.35. The van der Waals surface area contributed by atoms with Crippen LogP contribution in [0.2, 0.25) is 0 Å². The number of azo groups is 1. The van der Waals surface area contributed by atoms with E-state index >= 15 is 0 Å². The van der Waals surface area contributed by atoms with Crippen LogP contribution in [0.1, 0.15) is 25.3 Å². The van der Waals surface area contributed by atoms with Crippen molar-refractivity contribution in [3.05, 3.63) is 17.7 Å². The monoisotopic (exact) mass is 491 g/mol. The molecule has 0 aliphatic carbocycles. The van der Waals surface area contributed by atoms with Gasteiger partial charge in [0.2, 0.25) is 20.0 Å². The molecule has 3 rings (SSSR count). The number of benzene rings is 1. The summed E-state index contributed by atoms with van der Waals surface area (Å²) in [4.78, 5) is 4.25. The molecule has 32 heavy (non-hydrogen) atoms. The summed E-state index contributed by atoms with van der Waals surface area (Å²) in [5, 5.41) is 22.7. The Kier molecular flexibility index (Phi) is 7.26. The van der Waals surface area contributed by atoms with E-state index in [4.69, 9.17) is 10.9 Å². The Morgan fingerprint density at radius 3 is 2.62 bits per heavy atom. The van der Waals surface area contributed by atoms with E-state index in [1.54, 1.807) is 11.8 Å². The number of aliphatic hydroxyl groups is 1. The number of anilines is 1. The van der Waals surface area contributed by atoms with Gasteiger partial charge >= 0.3 is 0 Å². The number of rotatable bonds is 8. The van der Waals surface area contributed by atoms with Crippen LogP contribution in [0.15, 0.2) is 37.1 Å². The Hall–Kier alpha value is -2.04. The quantitative estimate of drug-likeness (QED) is 0.374. The molecule has 0 aromatic heterocycles. The number of halogens is 1. The van der Waals surface area contributed by atoms with E-state index in [2.05, 4.69) is 19.9 Å². The lowest BCUT2D eigenvalue weighted by atomic mass is 10.0. The molecule has 0 bridgehead atoms. The summed E-state index contributed by atoms with van der Waals surface area (Å²) in [5.74, 6) is -0.125. The Morgan fingerprint density at radius 2 is 2.06 bits per heavy atom. The average Bonchev–Trinajstić information content (AvgIpc) is 3.27. The van der Waals surface area contributed by atoms with Crippen molar-refractivity contribution in [3.63, 3.8) is 0 Å². The second kappa shape index (κ2) is 9.44. The summed E-state index contributed by atoms with van der Waals surface area (Å²) in [5.41, 5.74) is 5.78. The number of piperidine rings is 1. The highest BCUT2D eigenvalue weighted by Crippen LogP contribution is 2.35. The van der Waals surface area contributed by atoms with Gasteiger partial charge in [0.1, 0.15) is 16.0 Å². The van der Waals surface area contributed by atoms with Gasteiger partial charge in [-0.1, -0.05) is 6.92 Å². The Balaban J connectivity index is 2.21. The van der Waals surface area contributed by atoms with E-state index in [0.29, 0.717) is 13.0 Å². The van der Waals surface area contributed by atoms with Crippen molar-refractivity contribution >= 4 is 31.6 Å². The molecule has 2 aliphatic heterocycles. The zero-order valence-electron chi connectivity index (χ0n) is 17.3. The van der Waals surface area contributed by atoms with Crippen molar-refractivity contribution in [3.8, 4) is 0 Å². The van der Waals surface area contributed by atoms with Crippen LogP contribution >= 0.6 is 0 Å². The molecular weight excluding hydrogens is 465 g/mol. The molecule has 3 atom stereocenters. The van der Waals surface area contributed by atoms with Gasteiger partial charge in [-0.05, 0) is 25.0 Å². The predicted octanol–water partition coefficient (Wildman–Crippen LogP) is -0.571. The maximum Gasteiger partial charge on any atom is 0.242 e. The van der Waals surface area contributed by atoms with Crippen LogP contribution in [-0.2, 0) is 20.0 Å². The van der Waals surface area contributed by atoms with E-state index < -0.39 is 48.2 Å². The molecule has 0 spiro atoms. The van der Waals surface area contributed by atoms with Gasteiger partial charge in [-0.2, -0.15) is 5.11 Å². The van der Waals surface area contributed by atoms with Crippen LogP contribution in [0.3, 0.4) is 0 Å². The maximum atomic E-state index is 14.3. The van der Waals surface area contributed by atoms with Crippen LogP contribution in [0.5, 0.6) is 0 Å². The number of nitrogens with zero attached hydrogens (tertiary/aromatic N) is 4. The van der Waals surface area contributed by atoms with E-state index in [1.165, 1.54) is 6.07 Å². The van der Waals surface area contributed by atoms with E-state index in [1.807, 2.05) is 0 Å². The standard InChI is InChI=1S/C17H26FN7O5S2/c1-2-10(26)7-23-32(29,30)14-4-3-13(25-6-5-12(19)11(18)8-25)15(16(14)31(20,27)28)17-21-9-22-24-17/h3-4,10-12,23,26H,2,5-9,19H2,1H3,(H2,20,27,28)/t10-,11+,12-/m1/s1. The first-order valence-corrected chi connectivity index (χ1v) is 12.9. The van der Waals surface area contributed by atoms with Gasteiger partial charge < -0.3 is 15.7 Å². The summed E-state index contributed by atoms with van der Waals surface area (Å²) in [6, 6.07) is 1.77. The third-order valence-electron chi connectivity index (χ3n) is 5.26. The molecule has 1 fully saturated rings. The van der Waals surface area contributed by atoms with Crippen LogP contribution in [-0.4, -0.2) is 72.4 Å². The van der Waals surface area contributed by atoms with Crippen LogP contribution in [0.25, 0.3) is 0 Å². The molecule has 0 amide bonds. The lowest BCUT2D eigenvalue weighted by Crippen LogP contribution is -2.49. The van der Waals surface area contributed by atoms with Crippen molar-refractivity contribution in [2.75, 3.05) is 31.2 Å². The fourth-order valence-electron chi connectivity index (χ4n) is 3.45. The first-order chi connectivity index (χ1) is 15.0. The lowest BCUT2D eigenvalue weighted by Gasteiger charge is -2.36. The summed E-state index contributed by atoms with van der Waals surface area (Å²) < 4.78 is 67.6. The molecule has 12 nitrogen and oxygen atoms in total. The molecule has 178 valence electrons. The first kappa shape index (κ1) is 24.6. The molecule has 6 N–H and O–H groups in total. The highest BCUT2D eigenvalue weighted by molar-refractivity contribution is 7.92. The van der Waals surface area contributed by atoms with E-state index in [9.17, 15) is 26.3 Å². The van der Waals surface area contributed by atoms with Gasteiger partial charge in [0.25, 0.3) is 0 Å². The number of aliphatic hydroxyl groups excluding tert-OH is 1. The van der Waals surface area contributed by atoms with Gasteiger partial charge in [0, 0.05) is 24.8 Å². The number of hydrogen-bond donors (Lipinski definition) is 4. The van der Waals surface area contributed by atoms with Gasteiger partial charge in [0.15, 0.2) is 12.5 Å². The van der Waals surface area contributed by atoms with Gasteiger partial charge in [-0.15, -0.1) is 5.11 Å². The Bertz CT molecular complexity index is 1140. The number of nitrogens with two attached hydrogens (primary N) is 2. The van der Waals surface area contributed by atoms with Crippen molar-refractivity contribution in [1.82, 2.24) is 4.72 Å². The largest absolute Gasteiger partial charge is 0.392 e. The van der Waals surface area contributed by atoms with Crippen molar-refractivity contribution in [2.24, 2.45) is 26.1 Å². The van der Waals surface area contributed by atoms with Gasteiger partial charge in [-0.25, -0.2) is 36.1 Å². The highest BCUT2D eigenvalue weighted by atomic mass is 32.2. The topological polar surface area (TPSA) is 193 Å². The van der Waals surface area contributed by atoms with Gasteiger partial charge in [-0.3, -0.25) is 0 Å². The molecular formula is C17H26FN7O5S2. The van der Waals surface area contributed by atoms with Crippen molar-refractivity contribution < 1.29 is 26.3 Å². The van der Waals surface area contributed by atoms with Crippen LogP contribution < -0.4 is 20.5 Å². The number of primary sulfonamides is 1. The molecule has 0 unspecified atom stereocenters. The van der Waals surface area contributed by atoms with Gasteiger partial charge in [0.05, 0.1) is 18.2 Å². The molecule has 1 aromatic carbocycles. The fourth-order valence-corrected chi connectivity index (χ4v) is 6.12. The van der Waals surface area contributed by atoms with Crippen LogP contribution in [0.4, 0.5) is 10.1 Å². The van der Waals surface area contributed by atoms with E-state index in [0.717, 1.165) is 6.07 Å². The normalized spacial score (nSPS) is 22.8. The Labute approximate surface area is 185 Å². The minimum atomic E-state index is -4.62. The minimum absolute atomic E-state index is 0.0760. The number of amidine groups is 1. The molecule has 1 aromatic rings. The third-order valence-corrected chi connectivity index (χ3v) is 7.85. The second-order valence-corrected chi connectivity index (χ2v) is 10.8. The minimum Gasteiger partial charge on any atom is -0.392 e. The van der Waals surface area contributed by atoms with E-state index in [-0.39, 0.29) is 43.3 Å². The number of alkyl halides is 1. The fraction of sp³-hybridized carbons (Fsp3) is 0.588. The zero-order valence-corrected chi connectivity index (χ0v) is 19.0. The number of aliphatic imine (C=N–C) groups is 1.